The van der Waals surface area contributed by atoms with E-state index >= 15 is 0 Å². The lowest BCUT2D eigenvalue weighted by Gasteiger charge is -2.16. The monoisotopic (exact) mass is 434 g/mol. The summed E-state index contributed by atoms with van der Waals surface area (Å²) < 4.78 is 7.63. The van der Waals surface area contributed by atoms with Crippen LogP contribution >= 0.6 is 0 Å². The first-order valence-corrected chi connectivity index (χ1v) is 10.4. The van der Waals surface area contributed by atoms with Crippen LogP contribution in [0, 0.1) is 0 Å². The van der Waals surface area contributed by atoms with Crippen molar-refractivity contribution in [3.05, 3.63) is 48.0 Å². The minimum atomic E-state index is -0.348. The number of aryl methyl sites for hydroxylation is 1. The molecule has 1 saturated heterocycles. The Morgan fingerprint density at radius 3 is 2.31 bits per heavy atom. The summed E-state index contributed by atoms with van der Waals surface area (Å²) in [6.07, 6.45) is 0. The van der Waals surface area contributed by atoms with Gasteiger partial charge in [-0.2, -0.15) is 0 Å². The van der Waals surface area contributed by atoms with Gasteiger partial charge in [-0.3, -0.25) is 9.59 Å². The summed E-state index contributed by atoms with van der Waals surface area (Å²) in [4.78, 5) is 41.8. The largest absolute Gasteiger partial charge is 0.494 e. The number of hydrogen-bond acceptors (Lipinski definition) is 4. The maximum absolute atomic E-state index is 13.2. The van der Waals surface area contributed by atoms with Crippen LogP contribution in [0.25, 0.3) is 22.2 Å². The van der Waals surface area contributed by atoms with Crippen molar-refractivity contribution >= 4 is 34.4 Å². The number of rotatable bonds is 5. The van der Waals surface area contributed by atoms with Gasteiger partial charge in [0.25, 0.3) is 11.8 Å². The van der Waals surface area contributed by atoms with Gasteiger partial charge in [-0.1, -0.05) is 12.1 Å². The van der Waals surface area contributed by atoms with Crippen molar-refractivity contribution in [2.24, 2.45) is 7.05 Å². The number of carbonyl (C=O) groups is 3. The van der Waals surface area contributed by atoms with Crippen molar-refractivity contribution in [3.8, 4) is 17.0 Å². The third kappa shape index (κ3) is 3.37. The SMILES string of the molecule is CCOc1ccc2c(C(=O)N(C)C)c(-c3ccc(N4C(=O)CN(C)C4=O)cc3)n(C)c2c1. The quantitative estimate of drug-likeness (QED) is 0.577. The zero-order chi connectivity index (χ0) is 23.2. The molecule has 3 aromatic rings. The Kier molecular flexibility index (Phi) is 5.38. The first kappa shape index (κ1) is 21.4. The Labute approximate surface area is 186 Å². The van der Waals surface area contributed by atoms with Gasteiger partial charge in [-0.05, 0) is 36.8 Å². The molecule has 0 atom stereocenters. The molecule has 1 aliphatic rings. The number of benzene rings is 2. The molecule has 4 amide bonds. The standard InChI is InChI=1S/C24H26N4O4/c1-6-32-17-11-12-18-19(13-17)27(5)22(21(18)23(30)25(2)3)15-7-9-16(10-8-15)28-20(29)14-26(4)24(28)31/h7-13H,6,14H2,1-5H3. The molecule has 0 aliphatic carbocycles. The number of carbonyl (C=O) groups excluding carboxylic acids is 3. The van der Waals surface area contributed by atoms with Crippen molar-refractivity contribution in [2.45, 2.75) is 6.92 Å². The summed E-state index contributed by atoms with van der Waals surface area (Å²) in [6.45, 7) is 2.54. The van der Waals surface area contributed by atoms with E-state index in [2.05, 4.69) is 0 Å². The predicted molar refractivity (Wildman–Crippen MR) is 123 cm³/mol. The highest BCUT2D eigenvalue weighted by molar-refractivity contribution is 6.19. The van der Waals surface area contributed by atoms with Crippen molar-refractivity contribution in [3.63, 3.8) is 0 Å². The lowest BCUT2D eigenvalue weighted by atomic mass is 10.0. The van der Waals surface area contributed by atoms with E-state index in [-0.39, 0.29) is 24.4 Å². The second-order valence-electron chi connectivity index (χ2n) is 8.01. The van der Waals surface area contributed by atoms with Crippen LogP contribution in [-0.2, 0) is 11.8 Å². The normalized spacial score (nSPS) is 13.9. The first-order chi connectivity index (χ1) is 15.2. The van der Waals surface area contributed by atoms with Gasteiger partial charge in [0.15, 0.2) is 0 Å². The van der Waals surface area contributed by atoms with E-state index in [1.54, 1.807) is 38.2 Å². The van der Waals surface area contributed by atoms with Crippen LogP contribution < -0.4 is 9.64 Å². The number of hydrogen-bond donors (Lipinski definition) is 0. The van der Waals surface area contributed by atoms with E-state index < -0.39 is 0 Å². The molecule has 8 nitrogen and oxygen atoms in total. The van der Waals surface area contributed by atoms with Gasteiger partial charge < -0.3 is 19.1 Å². The second kappa shape index (κ2) is 8.03. The number of fused-ring (bicyclic) bond motifs is 1. The Balaban J connectivity index is 1.85. The maximum atomic E-state index is 13.2. The minimum Gasteiger partial charge on any atom is -0.494 e. The molecule has 0 unspecified atom stereocenters. The van der Waals surface area contributed by atoms with Gasteiger partial charge >= 0.3 is 6.03 Å². The average Bonchev–Trinajstić information content (AvgIpc) is 3.19. The fourth-order valence-corrected chi connectivity index (χ4v) is 4.09. The molecule has 1 aromatic heterocycles. The molecule has 0 radical (unpaired) electrons. The molecule has 2 aromatic carbocycles. The van der Waals surface area contributed by atoms with Gasteiger partial charge in [0.1, 0.15) is 12.3 Å². The zero-order valence-corrected chi connectivity index (χ0v) is 18.9. The molecular formula is C24H26N4O4. The summed E-state index contributed by atoms with van der Waals surface area (Å²) >= 11 is 0. The van der Waals surface area contributed by atoms with E-state index in [1.807, 2.05) is 48.9 Å². The smallest absolute Gasteiger partial charge is 0.331 e. The van der Waals surface area contributed by atoms with Gasteiger partial charge in [-0.25, -0.2) is 9.69 Å². The van der Waals surface area contributed by atoms with Gasteiger partial charge in [-0.15, -0.1) is 0 Å². The van der Waals surface area contributed by atoms with Gasteiger partial charge in [0.05, 0.1) is 29.1 Å². The highest BCUT2D eigenvalue weighted by Crippen LogP contribution is 2.36. The minimum absolute atomic E-state index is 0.0629. The van der Waals surface area contributed by atoms with E-state index in [0.717, 1.165) is 27.9 Å². The van der Waals surface area contributed by atoms with Crippen molar-refractivity contribution in [2.75, 3.05) is 39.2 Å². The van der Waals surface area contributed by atoms with Crippen LogP contribution in [0.15, 0.2) is 42.5 Å². The molecule has 4 rings (SSSR count). The van der Waals surface area contributed by atoms with Crippen LogP contribution in [-0.4, -0.2) is 66.5 Å². The van der Waals surface area contributed by atoms with E-state index in [9.17, 15) is 14.4 Å². The summed E-state index contributed by atoms with van der Waals surface area (Å²) in [7, 11) is 6.96. The van der Waals surface area contributed by atoms with Crippen LogP contribution in [0.2, 0.25) is 0 Å². The topological polar surface area (TPSA) is 75.1 Å². The molecule has 0 spiro atoms. The lowest BCUT2D eigenvalue weighted by molar-refractivity contribution is -0.116. The summed E-state index contributed by atoms with van der Waals surface area (Å²) in [5.74, 6) is 0.369. The molecular weight excluding hydrogens is 408 g/mol. The number of imide groups is 1. The number of amides is 4. The maximum Gasteiger partial charge on any atom is 0.331 e. The number of ether oxygens (including phenoxy) is 1. The Hall–Kier alpha value is -3.81. The molecule has 2 heterocycles. The summed E-state index contributed by atoms with van der Waals surface area (Å²) in [6, 6.07) is 12.5. The van der Waals surface area contributed by atoms with E-state index in [0.29, 0.717) is 17.9 Å². The highest BCUT2D eigenvalue weighted by Gasteiger charge is 2.34. The van der Waals surface area contributed by atoms with Gasteiger partial charge in [0.2, 0.25) is 0 Å². The van der Waals surface area contributed by atoms with E-state index in [4.69, 9.17) is 4.74 Å². The number of aromatic nitrogens is 1. The Morgan fingerprint density at radius 1 is 1.06 bits per heavy atom. The van der Waals surface area contributed by atoms with Crippen LogP contribution in [0.4, 0.5) is 10.5 Å². The fourth-order valence-electron chi connectivity index (χ4n) is 4.09. The molecule has 0 bridgehead atoms. The van der Waals surface area contributed by atoms with Crippen molar-refractivity contribution < 1.29 is 19.1 Å². The number of nitrogens with zero attached hydrogens (tertiary/aromatic N) is 4. The summed E-state index contributed by atoms with van der Waals surface area (Å²) in [5.41, 5.74) is 3.55. The summed E-state index contributed by atoms with van der Waals surface area (Å²) in [5, 5.41) is 0.834. The number of anilines is 1. The van der Waals surface area contributed by atoms with Crippen molar-refractivity contribution in [1.29, 1.82) is 0 Å². The third-order valence-electron chi connectivity index (χ3n) is 5.64. The third-order valence-corrected chi connectivity index (χ3v) is 5.64. The fraction of sp³-hybridized carbons (Fsp3) is 0.292. The first-order valence-electron chi connectivity index (χ1n) is 10.4. The van der Waals surface area contributed by atoms with Crippen LogP contribution in [0.3, 0.4) is 0 Å². The molecule has 1 fully saturated rings. The zero-order valence-electron chi connectivity index (χ0n) is 18.9. The lowest BCUT2D eigenvalue weighted by Crippen LogP contribution is -2.31. The number of urea groups is 1. The highest BCUT2D eigenvalue weighted by atomic mass is 16.5. The predicted octanol–water partition coefficient (Wildman–Crippen LogP) is 3.34. The van der Waals surface area contributed by atoms with E-state index in [1.165, 1.54) is 9.80 Å². The Morgan fingerprint density at radius 2 is 1.75 bits per heavy atom. The van der Waals surface area contributed by atoms with Crippen molar-refractivity contribution in [1.82, 2.24) is 14.4 Å². The second-order valence-corrected chi connectivity index (χ2v) is 8.01. The average molecular weight is 434 g/mol. The molecule has 1 aliphatic heterocycles. The molecule has 0 saturated carbocycles. The van der Waals surface area contributed by atoms with Crippen LogP contribution in [0.1, 0.15) is 17.3 Å². The molecule has 166 valence electrons. The van der Waals surface area contributed by atoms with Gasteiger partial charge in [0, 0.05) is 39.6 Å². The number of likely N-dealkylation sites (N-methyl/N-ethyl adjacent to an activating group) is 1. The van der Waals surface area contributed by atoms with Crippen LogP contribution in [0.5, 0.6) is 5.75 Å². The Bertz CT molecular complexity index is 1230. The molecule has 32 heavy (non-hydrogen) atoms. The molecule has 8 heteroatoms. The molecule has 0 N–H and O–H groups in total.